The lowest BCUT2D eigenvalue weighted by atomic mass is 9.76. The second-order valence-corrected chi connectivity index (χ2v) is 5.51. The highest BCUT2D eigenvalue weighted by Crippen LogP contribution is 2.38. The highest BCUT2D eigenvalue weighted by molar-refractivity contribution is 9.10. The molecule has 0 amide bonds. The van der Waals surface area contributed by atoms with Crippen LogP contribution in [0.3, 0.4) is 0 Å². The van der Waals surface area contributed by atoms with E-state index in [1.54, 1.807) is 0 Å². The van der Waals surface area contributed by atoms with Crippen LogP contribution in [0.1, 0.15) is 32.3 Å². The molecule has 1 unspecified atom stereocenters. The first kappa shape index (κ1) is 12.2. The molecule has 0 radical (unpaired) electrons. The van der Waals surface area contributed by atoms with Gasteiger partial charge in [0.25, 0.3) is 0 Å². The van der Waals surface area contributed by atoms with Crippen molar-refractivity contribution in [1.29, 1.82) is 0 Å². The van der Waals surface area contributed by atoms with E-state index in [2.05, 4.69) is 15.9 Å². The monoisotopic (exact) mass is 270 g/mol. The van der Waals surface area contributed by atoms with Crippen LogP contribution in [0, 0.1) is 5.41 Å². The van der Waals surface area contributed by atoms with Crippen LogP contribution in [0.4, 0.5) is 0 Å². The lowest BCUT2D eigenvalue weighted by Gasteiger charge is -2.28. The van der Waals surface area contributed by atoms with Crippen LogP contribution in [0.2, 0.25) is 0 Å². The summed E-state index contributed by atoms with van der Waals surface area (Å²) in [5.74, 6) is -1.28. The van der Waals surface area contributed by atoms with Gasteiger partial charge >= 0.3 is 5.97 Å². The summed E-state index contributed by atoms with van der Waals surface area (Å²) < 4.78 is 0.854. The van der Waals surface area contributed by atoms with E-state index in [1.807, 2.05) is 45.0 Å². The summed E-state index contributed by atoms with van der Waals surface area (Å²) >= 11 is 3.39. The summed E-state index contributed by atoms with van der Waals surface area (Å²) in [7, 11) is 0. The van der Waals surface area contributed by atoms with Gasteiger partial charge in [-0.2, -0.15) is 0 Å². The molecule has 2 nitrogen and oxygen atoms in total. The number of hydrogen-bond donors (Lipinski definition) is 1. The molecule has 0 aliphatic heterocycles. The van der Waals surface area contributed by atoms with Gasteiger partial charge in [-0.1, -0.05) is 54.9 Å². The second kappa shape index (κ2) is 4.35. The Morgan fingerprint density at radius 2 is 1.87 bits per heavy atom. The Morgan fingerprint density at radius 1 is 1.33 bits per heavy atom. The number of carboxylic acids is 1. The van der Waals surface area contributed by atoms with E-state index in [4.69, 9.17) is 0 Å². The van der Waals surface area contributed by atoms with E-state index in [0.29, 0.717) is 0 Å². The van der Waals surface area contributed by atoms with E-state index in [0.717, 1.165) is 10.0 Å². The lowest BCUT2D eigenvalue weighted by molar-refractivity contribution is -0.141. The van der Waals surface area contributed by atoms with Crippen LogP contribution in [-0.4, -0.2) is 11.1 Å². The van der Waals surface area contributed by atoms with Crippen molar-refractivity contribution in [3.8, 4) is 0 Å². The van der Waals surface area contributed by atoms with Crippen molar-refractivity contribution in [2.45, 2.75) is 26.7 Å². The van der Waals surface area contributed by atoms with Gasteiger partial charge in [0.05, 0.1) is 5.92 Å². The van der Waals surface area contributed by atoms with Crippen molar-refractivity contribution in [1.82, 2.24) is 0 Å². The first-order chi connectivity index (χ1) is 6.84. The molecule has 1 rings (SSSR count). The summed E-state index contributed by atoms with van der Waals surface area (Å²) in [6.07, 6.45) is 0. The Labute approximate surface area is 98.4 Å². The number of rotatable bonds is 2. The molecule has 0 bridgehead atoms. The number of halogens is 1. The first-order valence-corrected chi connectivity index (χ1v) is 5.60. The number of carboxylic acid groups (broad SMARTS) is 1. The van der Waals surface area contributed by atoms with Crippen molar-refractivity contribution in [3.63, 3.8) is 0 Å². The Kier molecular flexibility index (Phi) is 3.55. The lowest BCUT2D eigenvalue weighted by Crippen LogP contribution is -2.26. The molecule has 1 N–H and O–H groups in total. The fourth-order valence-corrected chi connectivity index (χ4v) is 2.19. The molecule has 0 aliphatic rings. The zero-order chi connectivity index (χ0) is 11.6. The third kappa shape index (κ3) is 2.81. The average Bonchev–Trinajstić information content (AvgIpc) is 2.05. The van der Waals surface area contributed by atoms with Crippen molar-refractivity contribution in [3.05, 3.63) is 34.3 Å². The quantitative estimate of drug-likeness (QED) is 0.891. The fourth-order valence-electron chi connectivity index (χ4n) is 1.68. The predicted molar refractivity (Wildman–Crippen MR) is 64.0 cm³/mol. The number of carbonyl (C=O) groups is 1. The van der Waals surface area contributed by atoms with Gasteiger partial charge in [0.1, 0.15) is 0 Å². The highest BCUT2D eigenvalue weighted by atomic mass is 79.9. The fraction of sp³-hybridized carbons (Fsp3) is 0.417. The molecule has 0 aliphatic carbocycles. The SMILES string of the molecule is CC(C)(C)C(C(=O)O)c1ccccc1Br. The van der Waals surface area contributed by atoms with Gasteiger partial charge in [-0.25, -0.2) is 0 Å². The zero-order valence-corrected chi connectivity index (χ0v) is 10.7. The summed E-state index contributed by atoms with van der Waals surface area (Å²) in [4.78, 5) is 11.3. The molecule has 0 heterocycles. The van der Waals surface area contributed by atoms with Gasteiger partial charge in [0.2, 0.25) is 0 Å². The van der Waals surface area contributed by atoms with Crippen LogP contribution >= 0.6 is 15.9 Å². The predicted octanol–water partition coefficient (Wildman–Crippen LogP) is 3.66. The smallest absolute Gasteiger partial charge is 0.311 e. The van der Waals surface area contributed by atoms with Gasteiger partial charge in [0.15, 0.2) is 0 Å². The molecule has 0 fully saturated rings. The molecule has 0 saturated heterocycles. The standard InChI is InChI=1S/C12H15BrO2/c1-12(2,3)10(11(14)15)8-6-4-5-7-9(8)13/h4-7,10H,1-3H3,(H,14,15). The topological polar surface area (TPSA) is 37.3 Å². The Hall–Kier alpha value is -0.830. The molecular formula is C12H15BrO2. The first-order valence-electron chi connectivity index (χ1n) is 4.81. The van der Waals surface area contributed by atoms with Crippen molar-refractivity contribution >= 4 is 21.9 Å². The summed E-state index contributed by atoms with van der Waals surface area (Å²) in [6.45, 7) is 5.81. The van der Waals surface area contributed by atoms with Crippen molar-refractivity contribution < 1.29 is 9.90 Å². The van der Waals surface area contributed by atoms with Gasteiger partial charge in [-0.15, -0.1) is 0 Å². The number of aliphatic carboxylic acids is 1. The maximum absolute atomic E-state index is 11.3. The number of benzene rings is 1. The van der Waals surface area contributed by atoms with Crippen LogP contribution in [0.5, 0.6) is 0 Å². The highest BCUT2D eigenvalue weighted by Gasteiger charge is 2.33. The van der Waals surface area contributed by atoms with E-state index >= 15 is 0 Å². The minimum Gasteiger partial charge on any atom is -0.481 e. The minimum atomic E-state index is -0.783. The Balaban J connectivity index is 3.23. The molecule has 1 aromatic carbocycles. The third-order valence-corrected chi connectivity index (χ3v) is 3.05. The molecule has 0 spiro atoms. The van der Waals surface area contributed by atoms with Gasteiger partial charge in [-0.05, 0) is 17.0 Å². The van der Waals surface area contributed by atoms with Crippen LogP contribution in [0.15, 0.2) is 28.7 Å². The maximum atomic E-state index is 11.3. The molecule has 0 saturated carbocycles. The van der Waals surface area contributed by atoms with Gasteiger partial charge < -0.3 is 5.11 Å². The van der Waals surface area contributed by atoms with Crippen molar-refractivity contribution in [2.75, 3.05) is 0 Å². The molecule has 15 heavy (non-hydrogen) atoms. The second-order valence-electron chi connectivity index (χ2n) is 4.66. The van der Waals surface area contributed by atoms with E-state index in [1.165, 1.54) is 0 Å². The van der Waals surface area contributed by atoms with Crippen LogP contribution in [0.25, 0.3) is 0 Å². The van der Waals surface area contributed by atoms with E-state index in [9.17, 15) is 9.90 Å². The maximum Gasteiger partial charge on any atom is 0.311 e. The average molecular weight is 271 g/mol. The zero-order valence-electron chi connectivity index (χ0n) is 9.12. The summed E-state index contributed by atoms with van der Waals surface area (Å²) in [5.41, 5.74) is 0.535. The summed E-state index contributed by atoms with van der Waals surface area (Å²) in [6, 6.07) is 7.47. The van der Waals surface area contributed by atoms with Crippen LogP contribution in [-0.2, 0) is 4.79 Å². The Bertz CT molecular complexity index is 366. The molecule has 1 atom stereocenters. The minimum absolute atomic E-state index is 0.296. The van der Waals surface area contributed by atoms with E-state index in [-0.39, 0.29) is 5.41 Å². The molecule has 82 valence electrons. The van der Waals surface area contributed by atoms with Gasteiger partial charge in [0, 0.05) is 4.47 Å². The molecular weight excluding hydrogens is 256 g/mol. The van der Waals surface area contributed by atoms with E-state index < -0.39 is 11.9 Å². The number of hydrogen-bond acceptors (Lipinski definition) is 1. The van der Waals surface area contributed by atoms with Crippen molar-refractivity contribution in [2.24, 2.45) is 5.41 Å². The summed E-state index contributed by atoms with van der Waals surface area (Å²) in [5, 5.41) is 9.27. The molecule has 0 aromatic heterocycles. The Morgan fingerprint density at radius 3 is 2.27 bits per heavy atom. The van der Waals surface area contributed by atoms with Crippen LogP contribution < -0.4 is 0 Å². The molecule has 3 heteroatoms. The largest absolute Gasteiger partial charge is 0.481 e. The van der Waals surface area contributed by atoms with Gasteiger partial charge in [-0.3, -0.25) is 4.79 Å². The normalized spacial score (nSPS) is 13.6. The third-order valence-electron chi connectivity index (χ3n) is 2.33. The molecule has 1 aromatic rings.